The van der Waals surface area contributed by atoms with Gasteiger partial charge in [-0.15, -0.1) is 0 Å². The van der Waals surface area contributed by atoms with Crippen molar-refractivity contribution in [3.8, 4) is 0 Å². The smallest absolute Gasteiger partial charge is 0.157 e. The van der Waals surface area contributed by atoms with E-state index in [1.807, 2.05) is 0 Å². The molecule has 0 amide bonds. The molecule has 1 rings (SSSR count). The summed E-state index contributed by atoms with van der Waals surface area (Å²) in [6.07, 6.45) is 12.3. The van der Waals surface area contributed by atoms with Crippen molar-refractivity contribution in [2.45, 2.75) is 64.2 Å². The van der Waals surface area contributed by atoms with Crippen LogP contribution >= 0.6 is 0 Å². The molecule has 1 aliphatic heterocycles. The van der Waals surface area contributed by atoms with Crippen molar-refractivity contribution in [3.63, 3.8) is 0 Å². The van der Waals surface area contributed by atoms with Crippen molar-refractivity contribution in [2.75, 3.05) is 13.2 Å². The minimum absolute atomic E-state index is 0.0511. The van der Waals surface area contributed by atoms with Gasteiger partial charge in [0.1, 0.15) is 0 Å². The first-order valence-corrected chi connectivity index (χ1v) is 6.93. The molecule has 1 fully saturated rings. The Labute approximate surface area is 105 Å². The number of ether oxygens (including phenoxy) is 2. The molecule has 100 valence electrons. The first-order valence-electron chi connectivity index (χ1n) is 6.93. The molecule has 3 heteroatoms. The number of unbranched alkanes of at least 4 members (excludes halogenated alkanes) is 1. The van der Waals surface area contributed by atoms with Crippen LogP contribution in [0.3, 0.4) is 0 Å². The SMILES string of the molecule is C[C@H](N)CCC/C=C\CCOC1CCCCO1. The van der Waals surface area contributed by atoms with Crippen LogP contribution in [0.2, 0.25) is 0 Å². The van der Waals surface area contributed by atoms with Crippen LogP contribution in [0, 0.1) is 0 Å². The maximum Gasteiger partial charge on any atom is 0.157 e. The second-order valence-corrected chi connectivity index (χ2v) is 4.84. The predicted molar refractivity (Wildman–Crippen MR) is 70.8 cm³/mol. The van der Waals surface area contributed by atoms with Crippen LogP contribution in [0.25, 0.3) is 0 Å². The van der Waals surface area contributed by atoms with E-state index in [9.17, 15) is 0 Å². The summed E-state index contributed by atoms with van der Waals surface area (Å²) in [4.78, 5) is 0. The molecule has 2 N–H and O–H groups in total. The van der Waals surface area contributed by atoms with Gasteiger partial charge in [0.25, 0.3) is 0 Å². The molecule has 0 saturated carbocycles. The summed E-state index contributed by atoms with van der Waals surface area (Å²) in [6, 6.07) is 0.329. The van der Waals surface area contributed by atoms with Crippen LogP contribution in [-0.2, 0) is 9.47 Å². The summed E-state index contributed by atoms with van der Waals surface area (Å²) >= 11 is 0. The average Bonchev–Trinajstić information content (AvgIpc) is 2.33. The van der Waals surface area contributed by atoms with E-state index in [0.717, 1.165) is 38.9 Å². The molecule has 0 spiro atoms. The van der Waals surface area contributed by atoms with Gasteiger partial charge in [-0.3, -0.25) is 0 Å². The third kappa shape index (κ3) is 8.36. The van der Waals surface area contributed by atoms with Crippen LogP contribution in [0.15, 0.2) is 12.2 Å². The predicted octanol–water partition coefficient (Wildman–Crippen LogP) is 2.99. The minimum atomic E-state index is 0.0511. The fraction of sp³-hybridized carbons (Fsp3) is 0.857. The number of hydrogen-bond donors (Lipinski definition) is 1. The Morgan fingerprint density at radius 2 is 2.18 bits per heavy atom. The molecule has 0 aromatic rings. The molecule has 1 heterocycles. The first-order chi connectivity index (χ1) is 8.29. The van der Waals surface area contributed by atoms with Gasteiger partial charge in [-0.1, -0.05) is 12.2 Å². The van der Waals surface area contributed by atoms with Gasteiger partial charge in [-0.2, -0.15) is 0 Å². The van der Waals surface area contributed by atoms with Gasteiger partial charge in [-0.05, 0) is 51.9 Å². The Bertz CT molecular complexity index is 198. The lowest BCUT2D eigenvalue weighted by atomic mass is 10.1. The first kappa shape index (κ1) is 14.7. The second-order valence-electron chi connectivity index (χ2n) is 4.84. The van der Waals surface area contributed by atoms with Gasteiger partial charge in [0.15, 0.2) is 6.29 Å². The number of rotatable bonds is 8. The molecule has 1 saturated heterocycles. The monoisotopic (exact) mass is 241 g/mol. The lowest BCUT2D eigenvalue weighted by Gasteiger charge is -2.22. The summed E-state index contributed by atoms with van der Waals surface area (Å²) in [5.74, 6) is 0. The normalized spacial score (nSPS) is 23.1. The molecule has 0 bridgehead atoms. The van der Waals surface area contributed by atoms with Crippen molar-refractivity contribution < 1.29 is 9.47 Å². The van der Waals surface area contributed by atoms with E-state index >= 15 is 0 Å². The van der Waals surface area contributed by atoms with Crippen LogP contribution in [-0.4, -0.2) is 25.5 Å². The molecule has 3 nitrogen and oxygen atoms in total. The van der Waals surface area contributed by atoms with Crippen molar-refractivity contribution in [3.05, 3.63) is 12.2 Å². The Morgan fingerprint density at radius 3 is 2.88 bits per heavy atom. The van der Waals surface area contributed by atoms with Crippen molar-refractivity contribution in [1.82, 2.24) is 0 Å². The maximum atomic E-state index is 5.68. The Morgan fingerprint density at radius 1 is 1.35 bits per heavy atom. The molecule has 2 atom stereocenters. The molecule has 0 aliphatic carbocycles. The van der Waals surface area contributed by atoms with Gasteiger partial charge >= 0.3 is 0 Å². The molecule has 1 aliphatic rings. The van der Waals surface area contributed by atoms with E-state index in [4.69, 9.17) is 15.2 Å². The standard InChI is InChI=1S/C14H27NO2/c1-13(15)9-5-3-2-4-7-11-16-14-10-6-8-12-17-14/h2,4,13-14H,3,5-12,15H2,1H3/b4-2-/t13-,14?/m0/s1. The molecule has 1 unspecified atom stereocenters. The van der Waals surface area contributed by atoms with E-state index in [1.54, 1.807) is 0 Å². The summed E-state index contributed by atoms with van der Waals surface area (Å²) in [6.45, 7) is 3.69. The van der Waals surface area contributed by atoms with Gasteiger partial charge in [0, 0.05) is 12.6 Å². The average molecular weight is 241 g/mol. The third-order valence-corrected chi connectivity index (χ3v) is 2.92. The van der Waals surface area contributed by atoms with Crippen molar-refractivity contribution in [1.29, 1.82) is 0 Å². The summed E-state index contributed by atoms with van der Waals surface area (Å²) in [7, 11) is 0. The van der Waals surface area contributed by atoms with E-state index in [1.165, 1.54) is 19.3 Å². The van der Waals surface area contributed by atoms with E-state index < -0.39 is 0 Å². The molecule has 0 aromatic heterocycles. The molecule has 0 aromatic carbocycles. The number of allylic oxidation sites excluding steroid dienone is 1. The lowest BCUT2D eigenvalue weighted by Crippen LogP contribution is -2.22. The second kappa shape index (κ2) is 9.63. The zero-order valence-corrected chi connectivity index (χ0v) is 11.1. The topological polar surface area (TPSA) is 44.5 Å². The Kier molecular flexibility index (Phi) is 8.32. The highest BCUT2D eigenvalue weighted by molar-refractivity contribution is 4.81. The fourth-order valence-corrected chi connectivity index (χ4v) is 1.90. The highest BCUT2D eigenvalue weighted by atomic mass is 16.7. The van der Waals surface area contributed by atoms with Crippen molar-refractivity contribution >= 4 is 0 Å². The fourth-order valence-electron chi connectivity index (χ4n) is 1.90. The largest absolute Gasteiger partial charge is 0.353 e. The molecular formula is C14H27NO2. The zero-order valence-electron chi connectivity index (χ0n) is 11.1. The minimum Gasteiger partial charge on any atom is -0.353 e. The van der Waals surface area contributed by atoms with E-state index in [2.05, 4.69) is 19.1 Å². The van der Waals surface area contributed by atoms with Gasteiger partial charge in [0.05, 0.1) is 6.61 Å². The van der Waals surface area contributed by atoms with Crippen LogP contribution in [0.1, 0.15) is 51.9 Å². The summed E-state index contributed by atoms with van der Waals surface area (Å²) in [5, 5.41) is 0. The number of hydrogen-bond acceptors (Lipinski definition) is 3. The molecular weight excluding hydrogens is 214 g/mol. The van der Waals surface area contributed by atoms with Crippen LogP contribution < -0.4 is 5.73 Å². The highest BCUT2D eigenvalue weighted by Crippen LogP contribution is 2.13. The molecule has 17 heavy (non-hydrogen) atoms. The van der Waals surface area contributed by atoms with Gasteiger partial charge in [-0.25, -0.2) is 0 Å². The zero-order chi connectivity index (χ0) is 12.3. The Hall–Kier alpha value is -0.380. The lowest BCUT2D eigenvalue weighted by molar-refractivity contribution is -0.161. The van der Waals surface area contributed by atoms with Crippen LogP contribution in [0.4, 0.5) is 0 Å². The highest BCUT2D eigenvalue weighted by Gasteiger charge is 2.12. The van der Waals surface area contributed by atoms with Crippen LogP contribution in [0.5, 0.6) is 0 Å². The number of nitrogens with two attached hydrogens (primary N) is 1. The summed E-state index contributed by atoms with van der Waals surface area (Å²) in [5.41, 5.74) is 5.68. The van der Waals surface area contributed by atoms with E-state index in [-0.39, 0.29) is 6.29 Å². The van der Waals surface area contributed by atoms with Gasteiger partial charge in [0.2, 0.25) is 0 Å². The molecule has 0 radical (unpaired) electrons. The quantitative estimate of drug-likeness (QED) is 0.525. The maximum absolute atomic E-state index is 5.68. The van der Waals surface area contributed by atoms with E-state index in [0.29, 0.717) is 6.04 Å². The third-order valence-electron chi connectivity index (χ3n) is 2.92. The Balaban J connectivity index is 1.87. The van der Waals surface area contributed by atoms with Crippen molar-refractivity contribution in [2.24, 2.45) is 5.73 Å². The van der Waals surface area contributed by atoms with Gasteiger partial charge < -0.3 is 15.2 Å². The summed E-state index contributed by atoms with van der Waals surface area (Å²) < 4.78 is 11.1.